The third-order valence-corrected chi connectivity index (χ3v) is 4.48. The molecule has 1 aromatic carbocycles. The van der Waals surface area contributed by atoms with E-state index in [1.165, 1.54) is 0 Å². The van der Waals surface area contributed by atoms with Gasteiger partial charge in [0.05, 0.1) is 11.4 Å². The van der Waals surface area contributed by atoms with Crippen molar-refractivity contribution in [1.29, 1.82) is 0 Å². The number of sulfonamides is 1. The van der Waals surface area contributed by atoms with Crippen LogP contribution < -0.4 is 15.8 Å². The van der Waals surface area contributed by atoms with Crippen molar-refractivity contribution in [2.45, 2.75) is 39.1 Å². The van der Waals surface area contributed by atoms with Crippen molar-refractivity contribution in [3.63, 3.8) is 0 Å². The van der Waals surface area contributed by atoms with Crippen molar-refractivity contribution in [3.8, 4) is 0 Å². The molecule has 0 unspecified atom stereocenters. The fraction of sp³-hybridized carbons (Fsp3) is 0.562. The Morgan fingerprint density at radius 1 is 1.08 bits per heavy atom. The molecule has 0 heterocycles. The van der Waals surface area contributed by atoms with Crippen LogP contribution in [0, 0.1) is 11.8 Å². The highest BCUT2D eigenvalue weighted by atomic mass is 127. The molecule has 0 aliphatic heterocycles. The van der Waals surface area contributed by atoms with E-state index in [4.69, 9.17) is 5.73 Å². The highest BCUT2D eigenvalue weighted by molar-refractivity contribution is 14.0. The van der Waals surface area contributed by atoms with E-state index in [1.54, 1.807) is 24.3 Å². The molecule has 0 spiro atoms. The Hall–Kier alpha value is -0.870. The van der Waals surface area contributed by atoms with E-state index in [-0.39, 0.29) is 34.8 Å². The number of rotatable bonds is 8. The number of nitrogens with two attached hydrogens (primary N) is 1. The molecule has 6 nitrogen and oxygen atoms in total. The summed E-state index contributed by atoms with van der Waals surface area (Å²) in [6, 6.07) is 6.68. The molecule has 0 fully saturated rings. The first-order valence-electron chi connectivity index (χ1n) is 7.83. The lowest BCUT2D eigenvalue weighted by Gasteiger charge is -2.09. The summed E-state index contributed by atoms with van der Waals surface area (Å²) in [7, 11) is -3.44. The second kappa shape index (κ2) is 10.9. The molecule has 0 aromatic heterocycles. The van der Waals surface area contributed by atoms with Gasteiger partial charge in [0.15, 0.2) is 5.96 Å². The normalized spacial score (nSPS) is 12.3. The van der Waals surface area contributed by atoms with Crippen LogP contribution in [-0.4, -0.2) is 27.5 Å². The molecule has 0 bridgehead atoms. The van der Waals surface area contributed by atoms with Crippen molar-refractivity contribution >= 4 is 40.0 Å². The van der Waals surface area contributed by atoms with Crippen LogP contribution in [0.2, 0.25) is 0 Å². The first kappa shape index (κ1) is 23.1. The van der Waals surface area contributed by atoms with Gasteiger partial charge in [0.2, 0.25) is 10.0 Å². The fourth-order valence-corrected chi connectivity index (χ4v) is 2.89. The Labute approximate surface area is 162 Å². The van der Waals surface area contributed by atoms with Gasteiger partial charge < -0.3 is 11.1 Å². The van der Waals surface area contributed by atoms with Crippen LogP contribution in [0.4, 0.5) is 0 Å². The van der Waals surface area contributed by atoms with E-state index in [1.807, 2.05) is 13.8 Å². The van der Waals surface area contributed by atoms with Gasteiger partial charge in [-0.1, -0.05) is 39.8 Å². The average molecular weight is 468 g/mol. The molecule has 0 radical (unpaired) electrons. The maximum Gasteiger partial charge on any atom is 0.240 e. The minimum Gasteiger partial charge on any atom is -0.370 e. The number of hydrogen-bond donors (Lipinski definition) is 3. The zero-order valence-corrected chi connectivity index (χ0v) is 17.9. The third kappa shape index (κ3) is 8.84. The number of benzene rings is 1. The lowest BCUT2D eigenvalue weighted by Crippen LogP contribution is -2.34. The Morgan fingerprint density at radius 3 is 2.12 bits per heavy atom. The Bertz CT molecular complexity index is 613. The standard InChI is InChI=1S/C16H28N4O2S.HI/c1-12(2)9-18-16(17)19-11-14-5-7-15(8-6-14)23(21,22)20-10-13(3)4;/h5-8,12-13,20H,9-11H2,1-4H3,(H3,17,18,19);1H. The number of hydrogen-bond acceptors (Lipinski definition) is 3. The predicted molar refractivity (Wildman–Crippen MR) is 110 cm³/mol. The number of guanidine groups is 1. The molecule has 0 atom stereocenters. The van der Waals surface area contributed by atoms with Gasteiger partial charge in [-0.2, -0.15) is 0 Å². The summed E-state index contributed by atoms with van der Waals surface area (Å²) in [5.74, 6) is 1.15. The van der Waals surface area contributed by atoms with Gasteiger partial charge in [-0.15, -0.1) is 24.0 Å². The van der Waals surface area contributed by atoms with E-state index in [0.717, 1.165) is 12.1 Å². The van der Waals surface area contributed by atoms with Crippen LogP contribution in [0.15, 0.2) is 34.2 Å². The second-order valence-electron chi connectivity index (χ2n) is 6.37. The number of nitrogens with zero attached hydrogens (tertiary/aromatic N) is 1. The predicted octanol–water partition coefficient (Wildman–Crippen LogP) is 2.30. The summed E-state index contributed by atoms with van der Waals surface area (Å²) < 4.78 is 26.8. The van der Waals surface area contributed by atoms with Gasteiger partial charge in [0.25, 0.3) is 0 Å². The maximum absolute atomic E-state index is 12.1. The molecule has 138 valence electrons. The van der Waals surface area contributed by atoms with Gasteiger partial charge in [-0.3, -0.25) is 0 Å². The van der Waals surface area contributed by atoms with Crippen LogP contribution in [0.25, 0.3) is 0 Å². The molecular weight excluding hydrogens is 439 g/mol. The summed E-state index contributed by atoms with van der Waals surface area (Å²) in [5.41, 5.74) is 6.67. The quantitative estimate of drug-likeness (QED) is 0.310. The molecule has 0 saturated carbocycles. The molecule has 0 aliphatic rings. The van der Waals surface area contributed by atoms with Gasteiger partial charge in [0, 0.05) is 13.1 Å². The number of halogens is 1. The first-order chi connectivity index (χ1) is 10.7. The highest BCUT2D eigenvalue weighted by Gasteiger charge is 2.13. The van der Waals surface area contributed by atoms with Crippen LogP contribution >= 0.6 is 24.0 Å². The van der Waals surface area contributed by atoms with Gasteiger partial charge in [-0.05, 0) is 29.5 Å². The number of nitrogens with one attached hydrogen (secondary N) is 2. The monoisotopic (exact) mass is 468 g/mol. The molecular formula is C16H29IN4O2S. The summed E-state index contributed by atoms with van der Waals surface area (Å²) >= 11 is 0. The molecule has 4 N–H and O–H groups in total. The number of aliphatic imine (C=N–C) groups is 1. The minimum atomic E-state index is -3.44. The molecule has 0 aliphatic carbocycles. The molecule has 8 heteroatoms. The summed E-state index contributed by atoms with van der Waals surface area (Å²) in [6.07, 6.45) is 0. The molecule has 1 rings (SSSR count). The lowest BCUT2D eigenvalue weighted by molar-refractivity contribution is 0.560. The average Bonchev–Trinajstić information content (AvgIpc) is 2.49. The Balaban J connectivity index is 0.00000529. The largest absolute Gasteiger partial charge is 0.370 e. The molecule has 24 heavy (non-hydrogen) atoms. The van der Waals surface area contributed by atoms with Gasteiger partial charge in [0.1, 0.15) is 0 Å². The topological polar surface area (TPSA) is 96.6 Å². The van der Waals surface area contributed by atoms with Crippen LogP contribution in [0.5, 0.6) is 0 Å². The van der Waals surface area contributed by atoms with Crippen LogP contribution in [-0.2, 0) is 16.6 Å². The zero-order chi connectivity index (χ0) is 17.5. The fourth-order valence-electron chi connectivity index (χ4n) is 1.67. The molecule has 0 amide bonds. The van der Waals surface area contributed by atoms with E-state index in [2.05, 4.69) is 28.9 Å². The Morgan fingerprint density at radius 2 is 1.62 bits per heavy atom. The SMILES string of the molecule is CC(C)CNC(N)=NCc1ccc(S(=O)(=O)NCC(C)C)cc1.I. The van der Waals surface area contributed by atoms with E-state index in [9.17, 15) is 8.42 Å². The molecule has 1 aromatic rings. The van der Waals surface area contributed by atoms with Crippen molar-refractivity contribution in [2.75, 3.05) is 13.1 Å². The van der Waals surface area contributed by atoms with E-state index < -0.39 is 10.0 Å². The Kier molecular flexibility index (Phi) is 10.5. The smallest absolute Gasteiger partial charge is 0.240 e. The van der Waals surface area contributed by atoms with Crippen molar-refractivity contribution < 1.29 is 8.42 Å². The summed E-state index contributed by atoms with van der Waals surface area (Å²) in [4.78, 5) is 4.50. The third-order valence-electron chi connectivity index (χ3n) is 3.04. The van der Waals surface area contributed by atoms with Crippen molar-refractivity contribution in [3.05, 3.63) is 29.8 Å². The lowest BCUT2D eigenvalue weighted by atomic mass is 10.2. The highest BCUT2D eigenvalue weighted by Crippen LogP contribution is 2.11. The van der Waals surface area contributed by atoms with Gasteiger partial charge >= 0.3 is 0 Å². The molecule has 0 saturated heterocycles. The first-order valence-corrected chi connectivity index (χ1v) is 9.31. The van der Waals surface area contributed by atoms with Crippen LogP contribution in [0.3, 0.4) is 0 Å². The minimum absolute atomic E-state index is 0. The van der Waals surface area contributed by atoms with E-state index in [0.29, 0.717) is 25.0 Å². The summed E-state index contributed by atoms with van der Waals surface area (Å²) in [6.45, 7) is 9.71. The second-order valence-corrected chi connectivity index (χ2v) is 8.13. The van der Waals surface area contributed by atoms with Crippen molar-refractivity contribution in [1.82, 2.24) is 10.0 Å². The summed E-state index contributed by atoms with van der Waals surface area (Å²) in [5, 5.41) is 3.04. The van der Waals surface area contributed by atoms with E-state index >= 15 is 0 Å². The van der Waals surface area contributed by atoms with Crippen LogP contribution in [0.1, 0.15) is 33.3 Å². The zero-order valence-electron chi connectivity index (χ0n) is 14.7. The maximum atomic E-state index is 12.1. The van der Waals surface area contributed by atoms with Crippen molar-refractivity contribution in [2.24, 2.45) is 22.6 Å². The van der Waals surface area contributed by atoms with Gasteiger partial charge in [-0.25, -0.2) is 18.1 Å².